The van der Waals surface area contributed by atoms with Gasteiger partial charge in [-0.2, -0.15) is 0 Å². The number of morpholine rings is 1. The van der Waals surface area contributed by atoms with Crippen molar-refractivity contribution in [1.29, 1.82) is 0 Å². The summed E-state index contributed by atoms with van der Waals surface area (Å²) in [5.41, 5.74) is 1.69. The lowest BCUT2D eigenvalue weighted by Gasteiger charge is -2.26. The van der Waals surface area contributed by atoms with Crippen molar-refractivity contribution in [3.8, 4) is 5.75 Å². The van der Waals surface area contributed by atoms with Gasteiger partial charge < -0.3 is 20.1 Å². The van der Waals surface area contributed by atoms with Gasteiger partial charge in [0.15, 0.2) is 0 Å². The maximum Gasteiger partial charge on any atom is 0.267 e. The van der Waals surface area contributed by atoms with E-state index >= 15 is 0 Å². The second-order valence-electron chi connectivity index (χ2n) is 8.02. The Balaban J connectivity index is 1.57. The van der Waals surface area contributed by atoms with E-state index in [9.17, 15) is 9.59 Å². The van der Waals surface area contributed by atoms with Crippen molar-refractivity contribution in [2.75, 3.05) is 46.5 Å². The normalized spacial score (nSPS) is 14.5. The Labute approximate surface area is 208 Å². The number of carbonyl (C=O) groups excluding carboxylic acids is 2. The third kappa shape index (κ3) is 6.57. The van der Waals surface area contributed by atoms with Gasteiger partial charge >= 0.3 is 0 Å². The molecule has 0 spiro atoms. The van der Waals surface area contributed by atoms with Gasteiger partial charge in [-0.3, -0.25) is 14.5 Å². The van der Waals surface area contributed by atoms with Crippen molar-refractivity contribution in [2.24, 2.45) is 0 Å². The van der Waals surface area contributed by atoms with Gasteiger partial charge in [0, 0.05) is 48.8 Å². The average Bonchev–Trinajstić information content (AvgIpc) is 2.89. The fraction of sp³-hybridized carbons (Fsp3) is 0.269. The van der Waals surface area contributed by atoms with Crippen LogP contribution in [0.1, 0.15) is 15.9 Å². The Morgan fingerprint density at radius 1 is 1.14 bits per heavy atom. The standard InChI is InChI=1S/C26H27ClN4O4/c1-34-21-8-7-19-15-20(24(27)29-22(19)17-21)16-23(30-25(32)18-5-3-2-4-6-18)26(33)28-9-10-31-11-13-35-14-12-31/h2-8,15-17H,9-14H2,1H3,(H,28,33)(H,30,32). The lowest BCUT2D eigenvalue weighted by atomic mass is 10.1. The van der Waals surface area contributed by atoms with Crippen molar-refractivity contribution in [3.05, 3.63) is 76.6 Å². The first-order valence-corrected chi connectivity index (χ1v) is 11.7. The van der Waals surface area contributed by atoms with E-state index in [0.717, 1.165) is 18.5 Å². The third-order valence-corrected chi connectivity index (χ3v) is 5.95. The van der Waals surface area contributed by atoms with Gasteiger partial charge in [0.25, 0.3) is 11.8 Å². The maximum absolute atomic E-state index is 13.1. The number of pyridine rings is 1. The summed E-state index contributed by atoms with van der Waals surface area (Å²) in [5, 5.41) is 6.66. The predicted octanol–water partition coefficient (Wildman–Crippen LogP) is 3.12. The largest absolute Gasteiger partial charge is 0.497 e. The second kappa shape index (κ2) is 11.8. The Morgan fingerprint density at radius 2 is 1.91 bits per heavy atom. The highest BCUT2D eigenvalue weighted by Crippen LogP contribution is 2.25. The number of benzene rings is 2. The van der Waals surface area contributed by atoms with Crippen LogP contribution in [-0.4, -0.2) is 68.2 Å². The van der Waals surface area contributed by atoms with E-state index in [0.29, 0.717) is 48.7 Å². The molecule has 1 aliphatic heterocycles. The minimum Gasteiger partial charge on any atom is -0.497 e. The van der Waals surface area contributed by atoms with E-state index in [1.54, 1.807) is 43.5 Å². The zero-order valence-corrected chi connectivity index (χ0v) is 20.2. The minimum absolute atomic E-state index is 0.0809. The fourth-order valence-corrected chi connectivity index (χ4v) is 3.91. The van der Waals surface area contributed by atoms with E-state index in [-0.39, 0.29) is 10.9 Å². The molecule has 9 heteroatoms. The molecule has 0 saturated carbocycles. The number of ether oxygens (including phenoxy) is 2. The number of carbonyl (C=O) groups is 2. The molecule has 0 atom stereocenters. The predicted molar refractivity (Wildman–Crippen MR) is 135 cm³/mol. The molecule has 2 aromatic carbocycles. The Kier molecular flexibility index (Phi) is 8.31. The van der Waals surface area contributed by atoms with Gasteiger partial charge in [0.1, 0.15) is 16.6 Å². The highest BCUT2D eigenvalue weighted by molar-refractivity contribution is 6.31. The van der Waals surface area contributed by atoms with E-state index in [1.807, 2.05) is 24.3 Å². The van der Waals surface area contributed by atoms with Crippen LogP contribution in [0.5, 0.6) is 5.75 Å². The highest BCUT2D eigenvalue weighted by atomic mass is 35.5. The van der Waals surface area contributed by atoms with E-state index in [4.69, 9.17) is 21.1 Å². The number of aromatic nitrogens is 1. The van der Waals surface area contributed by atoms with Crippen LogP contribution in [0.3, 0.4) is 0 Å². The summed E-state index contributed by atoms with van der Waals surface area (Å²) in [5.74, 6) is -0.136. The molecule has 0 unspecified atom stereocenters. The molecule has 0 aliphatic carbocycles. The number of nitrogens with zero attached hydrogens (tertiary/aromatic N) is 2. The quantitative estimate of drug-likeness (QED) is 0.369. The summed E-state index contributed by atoms with van der Waals surface area (Å²) in [6.45, 7) is 4.14. The van der Waals surface area contributed by atoms with Crippen LogP contribution in [0.4, 0.5) is 0 Å². The molecule has 2 amide bonds. The van der Waals surface area contributed by atoms with Crippen LogP contribution in [0, 0.1) is 0 Å². The SMILES string of the molecule is COc1ccc2cc(C=C(NC(=O)c3ccccc3)C(=O)NCCN3CCOCC3)c(Cl)nc2c1. The summed E-state index contributed by atoms with van der Waals surface area (Å²) in [7, 11) is 1.58. The van der Waals surface area contributed by atoms with Crippen LogP contribution in [0.15, 0.2) is 60.3 Å². The maximum atomic E-state index is 13.1. The molecule has 0 radical (unpaired) electrons. The molecule has 35 heavy (non-hydrogen) atoms. The molecule has 1 fully saturated rings. The lowest BCUT2D eigenvalue weighted by Crippen LogP contribution is -2.42. The molecule has 1 aliphatic rings. The molecule has 2 heterocycles. The zero-order valence-electron chi connectivity index (χ0n) is 19.4. The van der Waals surface area contributed by atoms with E-state index < -0.39 is 11.8 Å². The number of amides is 2. The van der Waals surface area contributed by atoms with Crippen molar-refractivity contribution in [1.82, 2.24) is 20.5 Å². The van der Waals surface area contributed by atoms with Crippen LogP contribution in [0.25, 0.3) is 17.0 Å². The van der Waals surface area contributed by atoms with Crippen LogP contribution in [0.2, 0.25) is 5.15 Å². The Bertz CT molecular complexity index is 1230. The average molecular weight is 495 g/mol. The number of hydrogen-bond donors (Lipinski definition) is 2. The van der Waals surface area contributed by atoms with Crippen LogP contribution in [-0.2, 0) is 9.53 Å². The Hall–Kier alpha value is -3.46. The molecule has 2 N–H and O–H groups in total. The smallest absolute Gasteiger partial charge is 0.267 e. The van der Waals surface area contributed by atoms with Crippen molar-refractivity contribution in [3.63, 3.8) is 0 Å². The number of methoxy groups -OCH3 is 1. The van der Waals surface area contributed by atoms with Gasteiger partial charge in [-0.05, 0) is 36.4 Å². The van der Waals surface area contributed by atoms with Gasteiger partial charge in [-0.25, -0.2) is 4.98 Å². The second-order valence-corrected chi connectivity index (χ2v) is 8.37. The number of rotatable bonds is 8. The molecule has 8 nitrogen and oxygen atoms in total. The summed E-state index contributed by atoms with van der Waals surface area (Å²) >= 11 is 6.45. The summed E-state index contributed by atoms with van der Waals surface area (Å²) in [6, 6.07) is 16.0. The number of halogens is 1. The lowest BCUT2D eigenvalue weighted by molar-refractivity contribution is -0.117. The summed E-state index contributed by atoms with van der Waals surface area (Å²) in [6.07, 6.45) is 1.55. The minimum atomic E-state index is -0.409. The molecule has 0 bridgehead atoms. The molecule has 1 saturated heterocycles. The molecular formula is C26H27ClN4O4. The number of fused-ring (bicyclic) bond motifs is 1. The van der Waals surface area contributed by atoms with E-state index in [1.165, 1.54) is 0 Å². The zero-order chi connectivity index (χ0) is 24.6. The van der Waals surface area contributed by atoms with Crippen LogP contribution < -0.4 is 15.4 Å². The fourth-order valence-electron chi connectivity index (χ4n) is 3.71. The molecule has 1 aromatic heterocycles. The van der Waals surface area contributed by atoms with Gasteiger partial charge in [0.05, 0.1) is 25.8 Å². The first-order valence-electron chi connectivity index (χ1n) is 11.3. The van der Waals surface area contributed by atoms with Gasteiger partial charge in [-0.15, -0.1) is 0 Å². The van der Waals surface area contributed by atoms with E-state index in [2.05, 4.69) is 20.5 Å². The van der Waals surface area contributed by atoms with Crippen molar-refractivity contribution >= 4 is 40.4 Å². The number of nitrogens with one attached hydrogen (secondary N) is 2. The molecular weight excluding hydrogens is 468 g/mol. The molecule has 4 rings (SSSR count). The number of hydrogen-bond acceptors (Lipinski definition) is 6. The first-order chi connectivity index (χ1) is 17.0. The first kappa shape index (κ1) is 24.7. The van der Waals surface area contributed by atoms with Crippen molar-refractivity contribution in [2.45, 2.75) is 0 Å². The van der Waals surface area contributed by atoms with Gasteiger partial charge in [0.2, 0.25) is 0 Å². The summed E-state index contributed by atoms with van der Waals surface area (Å²) in [4.78, 5) is 32.6. The Morgan fingerprint density at radius 3 is 2.66 bits per heavy atom. The van der Waals surface area contributed by atoms with Crippen molar-refractivity contribution < 1.29 is 19.1 Å². The molecule has 3 aromatic rings. The summed E-state index contributed by atoms with van der Waals surface area (Å²) < 4.78 is 10.6. The van der Waals surface area contributed by atoms with Gasteiger partial charge in [-0.1, -0.05) is 29.8 Å². The molecule has 182 valence electrons. The topological polar surface area (TPSA) is 92.8 Å². The highest BCUT2D eigenvalue weighted by Gasteiger charge is 2.17. The third-order valence-electron chi connectivity index (χ3n) is 5.65. The monoisotopic (exact) mass is 494 g/mol. The van der Waals surface area contributed by atoms with Crippen LogP contribution >= 0.6 is 11.6 Å².